The van der Waals surface area contributed by atoms with E-state index in [1.54, 1.807) is 0 Å². The molecular formula is C14H18N2O. The van der Waals surface area contributed by atoms with Crippen LogP contribution in [0.1, 0.15) is 37.0 Å². The molecule has 0 saturated carbocycles. The lowest BCUT2D eigenvalue weighted by atomic mass is 10.0. The van der Waals surface area contributed by atoms with Gasteiger partial charge < -0.3 is 10.2 Å². The molecule has 2 aromatic rings. The van der Waals surface area contributed by atoms with Crippen LogP contribution in [0.25, 0.3) is 11.3 Å². The Kier molecular flexibility index (Phi) is 3.29. The van der Waals surface area contributed by atoms with E-state index in [1.165, 1.54) is 5.56 Å². The van der Waals surface area contributed by atoms with Crippen molar-refractivity contribution in [3.05, 3.63) is 41.5 Å². The maximum atomic E-state index is 5.70. The number of hydrogen-bond acceptors (Lipinski definition) is 3. The van der Waals surface area contributed by atoms with E-state index >= 15 is 0 Å². The minimum absolute atomic E-state index is 0.303. The second-order valence-corrected chi connectivity index (χ2v) is 4.49. The van der Waals surface area contributed by atoms with E-state index in [-0.39, 0.29) is 0 Å². The van der Waals surface area contributed by atoms with Gasteiger partial charge in [0.25, 0.3) is 0 Å². The topological polar surface area (TPSA) is 52.0 Å². The number of aryl methyl sites for hydroxylation is 1. The quantitative estimate of drug-likeness (QED) is 0.880. The van der Waals surface area contributed by atoms with Gasteiger partial charge in [-0.05, 0) is 12.5 Å². The normalized spacial score (nSPS) is 11.1. The summed E-state index contributed by atoms with van der Waals surface area (Å²) in [4.78, 5) is 4.49. The minimum Gasteiger partial charge on any atom is -0.443 e. The van der Waals surface area contributed by atoms with E-state index in [2.05, 4.69) is 37.9 Å². The third kappa shape index (κ3) is 2.24. The molecule has 0 unspecified atom stereocenters. The highest BCUT2D eigenvalue weighted by molar-refractivity contribution is 5.65. The summed E-state index contributed by atoms with van der Waals surface area (Å²) in [7, 11) is 0. The lowest BCUT2D eigenvalue weighted by Crippen LogP contribution is -1.95. The zero-order valence-electron chi connectivity index (χ0n) is 10.5. The highest BCUT2D eigenvalue weighted by atomic mass is 16.4. The Morgan fingerprint density at radius 2 is 2.00 bits per heavy atom. The van der Waals surface area contributed by atoms with Gasteiger partial charge in [-0.2, -0.15) is 0 Å². The van der Waals surface area contributed by atoms with E-state index in [4.69, 9.17) is 10.2 Å². The van der Waals surface area contributed by atoms with Crippen molar-refractivity contribution in [3.63, 3.8) is 0 Å². The first-order valence-corrected chi connectivity index (χ1v) is 5.89. The molecule has 2 N–H and O–H groups in total. The van der Waals surface area contributed by atoms with Gasteiger partial charge in [-0.25, -0.2) is 4.98 Å². The fourth-order valence-electron chi connectivity index (χ4n) is 1.89. The van der Waals surface area contributed by atoms with E-state index in [0.717, 1.165) is 17.0 Å². The third-order valence-electron chi connectivity index (χ3n) is 2.80. The molecule has 3 nitrogen and oxygen atoms in total. The molecule has 0 amide bonds. The summed E-state index contributed by atoms with van der Waals surface area (Å²) >= 11 is 0. The van der Waals surface area contributed by atoms with Crippen LogP contribution >= 0.6 is 0 Å². The fraction of sp³-hybridized carbons (Fsp3) is 0.357. The van der Waals surface area contributed by atoms with Crippen LogP contribution in [-0.2, 0) is 6.54 Å². The van der Waals surface area contributed by atoms with Crippen LogP contribution in [0.2, 0.25) is 0 Å². The Bertz CT molecular complexity index is 515. The van der Waals surface area contributed by atoms with Crippen LogP contribution in [0.5, 0.6) is 0 Å². The molecule has 0 spiro atoms. The zero-order chi connectivity index (χ0) is 12.4. The van der Waals surface area contributed by atoms with Gasteiger partial charge in [-0.15, -0.1) is 0 Å². The Balaban J connectivity index is 2.58. The summed E-state index contributed by atoms with van der Waals surface area (Å²) < 4.78 is 5.70. The molecule has 17 heavy (non-hydrogen) atoms. The van der Waals surface area contributed by atoms with Crippen molar-refractivity contribution in [2.24, 2.45) is 5.73 Å². The number of benzene rings is 1. The molecule has 0 radical (unpaired) electrons. The maximum Gasteiger partial charge on any atom is 0.208 e. The summed E-state index contributed by atoms with van der Waals surface area (Å²) in [6.45, 7) is 6.62. The molecule has 0 atom stereocenters. The molecule has 1 aromatic carbocycles. The molecule has 90 valence electrons. The van der Waals surface area contributed by atoms with Gasteiger partial charge in [0.05, 0.1) is 6.54 Å². The Labute approximate surface area is 102 Å². The first-order chi connectivity index (χ1) is 8.13. The van der Waals surface area contributed by atoms with Crippen LogP contribution in [0.4, 0.5) is 0 Å². The van der Waals surface area contributed by atoms with Gasteiger partial charge >= 0.3 is 0 Å². The summed E-state index contributed by atoms with van der Waals surface area (Å²) in [5, 5.41) is 0. The maximum absolute atomic E-state index is 5.70. The fourth-order valence-corrected chi connectivity index (χ4v) is 1.89. The van der Waals surface area contributed by atoms with Crippen LogP contribution in [0, 0.1) is 6.92 Å². The highest BCUT2D eigenvalue weighted by Crippen LogP contribution is 2.31. The highest BCUT2D eigenvalue weighted by Gasteiger charge is 2.18. The molecule has 0 aliphatic rings. The second kappa shape index (κ2) is 4.72. The number of hydrogen-bond donors (Lipinski definition) is 1. The van der Waals surface area contributed by atoms with Crippen LogP contribution in [-0.4, -0.2) is 4.98 Å². The summed E-state index contributed by atoms with van der Waals surface area (Å²) in [6.07, 6.45) is 0. The molecule has 2 rings (SSSR count). The van der Waals surface area contributed by atoms with Gasteiger partial charge in [0.1, 0.15) is 11.5 Å². The Morgan fingerprint density at radius 1 is 1.29 bits per heavy atom. The first kappa shape index (κ1) is 11.9. The largest absolute Gasteiger partial charge is 0.443 e. The zero-order valence-corrected chi connectivity index (χ0v) is 10.5. The molecule has 3 heteroatoms. The predicted octanol–water partition coefficient (Wildman–Crippen LogP) is 3.23. The molecule has 0 aliphatic carbocycles. The molecule has 1 heterocycles. The summed E-state index contributed by atoms with van der Waals surface area (Å²) in [6, 6.07) is 8.19. The van der Waals surface area contributed by atoms with Crippen molar-refractivity contribution >= 4 is 0 Å². The molecule has 0 bridgehead atoms. The van der Waals surface area contributed by atoms with Crippen LogP contribution in [0.15, 0.2) is 28.7 Å². The molecule has 0 fully saturated rings. The van der Waals surface area contributed by atoms with Crippen molar-refractivity contribution in [2.75, 3.05) is 0 Å². The van der Waals surface area contributed by atoms with Gasteiger partial charge in [0.2, 0.25) is 5.89 Å². The molecular weight excluding hydrogens is 212 g/mol. The lowest BCUT2D eigenvalue weighted by Gasteiger charge is -2.06. The smallest absolute Gasteiger partial charge is 0.208 e. The van der Waals surface area contributed by atoms with Crippen LogP contribution in [0.3, 0.4) is 0 Å². The van der Waals surface area contributed by atoms with Crippen molar-refractivity contribution in [3.8, 4) is 11.3 Å². The van der Waals surface area contributed by atoms with Gasteiger partial charge in [0, 0.05) is 11.5 Å². The van der Waals surface area contributed by atoms with E-state index < -0.39 is 0 Å². The van der Waals surface area contributed by atoms with Crippen molar-refractivity contribution < 1.29 is 4.42 Å². The second-order valence-electron chi connectivity index (χ2n) is 4.49. The SMILES string of the molecule is Cc1ccccc1-c1nc(CN)oc1C(C)C. The van der Waals surface area contributed by atoms with Gasteiger partial charge in [-0.3, -0.25) is 0 Å². The number of aromatic nitrogens is 1. The van der Waals surface area contributed by atoms with E-state index in [9.17, 15) is 0 Å². The standard InChI is InChI=1S/C14H18N2O/c1-9(2)14-13(16-12(8-15)17-14)11-7-5-4-6-10(11)3/h4-7,9H,8,15H2,1-3H3. The van der Waals surface area contributed by atoms with E-state index in [1.807, 2.05) is 12.1 Å². The average molecular weight is 230 g/mol. The Hall–Kier alpha value is -1.61. The van der Waals surface area contributed by atoms with Crippen LogP contribution < -0.4 is 5.73 Å². The van der Waals surface area contributed by atoms with E-state index in [0.29, 0.717) is 18.4 Å². The van der Waals surface area contributed by atoms with Crippen molar-refractivity contribution in [2.45, 2.75) is 33.2 Å². The number of rotatable bonds is 3. The molecule has 1 aromatic heterocycles. The van der Waals surface area contributed by atoms with Gasteiger partial charge in [-0.1, -0.05) is 38.1 Å². The summed E-state index contributed by atoms with van der Waals surface area (Å²) in [5.74, 6) is 1.82. The monoisotopic (exact) mass is 230 g/mol. The number of oxazole rings is 1. The molecule has 0 saturated heterocycles. The minimum atomic E-state index is 0.303. The van der Waals surface area contributed by atoms with Crippen molar-refractivity contribution in [1.82, 2.24) is 4.98 Å². The average Bonchev–Trinajstić information content (AvgIpc) is 2.73. The number of nitrogens with zero attached hydrogens (tertiary/aromatic N) is 1. The molecule has 0 aliphatic heterocycles. The number of nitrogens with two attached hydrogens (primary N) is 1. The summed E-state index contributed by atoms with van der Waals surface area (Å²) in [5.41, 5.74) is 8.85. The predicted molar refractivity (Wildman–Crippen MR) is 68.7 cm³/mol. The van der Waals surface area contributed by atoms with Gasteiger partial charge in [0.15, 0.2) is 0 Å². The third-order valence-corrected chi connectivity index (χ3v) is 2.80. The first-order valence-electron chi connectivity index (χ1n) is 5.89. The Morgan fingerprint density at radius 3 is 2.59 bits per heavy atom. The lowest BCUT2D eigenvalue weighted by molar-refractivity contribution is 0.441. The van der Waals surface area contributed by atoms with Crippen molar-refractivity contribution in [1.29, 1.82) is 0 Å².